The molecule has 1 heteroatoms. The first-order chi connectivity index (χ1) is 7.06. The van der Waals surface area contributed by atoms with Crippen LogP contribution < -0.4 is 5.32 Å². The molecule has 0 heterocycles. The van der Waals surface area contributed by atoms with Gasteiger partial charge in [-0.3, -0.25) is 0 Å². The standard InChI is InChI=1S/C14H31N/c1-7-13(8-2)10-14(11(4)5)12(6)15-9-3/h11-15H,7-10H2,1-6H3. The summed E-state index contributed by atoms with van der Waals surface area (Å²) in [6.45, 7) is 15.0. The molecular formula is C14H31N. The fourth-order valence-electron chi connectivity index (χ4n) is 2.53. The van der Waals surface area contributed by atoms with E-state index in [-0.39, 0.29) is 0 Å². The van der Waals surface area contributed by atoms with Crippen LogP contribution in [0.3, 0.4) is 0 Å². The zero-order valence-electron chi connectivity index (χ0n) is 11.6. The summed E-state index contributed by atoms with van der Waals surface area (Å²) < 4.78 is 0. The van der Waals surface area contributed by atoms with E-state index < -0.39 is 0 Å². The molecule has 0 radical (unpaired) electrons. The van der Waals surface area contributed by atoms with Crippen molar-refractivity contribution in [3.05, 3.63) is 0 Å². The molecule has 0 rings (SSSR count). The molecule has 0 aromatic heterocycles. The van der Waals surface area contributed by atoms with Gasteiger partial charge in [-0.1, -0.05) is 47.5 Å². The van der Waals surface area contributed by atoms with E-state index in [1.807, 2.05) is 0 Å². The highest BCUT2D eigenvalue weighted by atomic mass is 14.9. The summed E-state index contributed by atoms with van der Waals surface area (Å²) in [7, 11) is 0. The molecule has 0 aromatic carbocycles. The number of nitrogens with one attached hydrogen (secondary N) is 1. The first-order valence-electron chi connectivity index (χ1n) is 6.80. The monoisotopic (exact) mass is 213 g/mol. The van der Waals surface area contributed by atoms with Crippen LogP contribution in [0.15, 0.2) is 0 Å². The van der Waals surface area contributed by atoms with Crippen molar-refractivity contribution in [2.45, 2.75) is 66.8 Å². The predicted octanol–water partition coefficient (Wildman–Crippen LogP) is 4.08. The van der Waals surface area contributed by atoms with Crippen molar-refractivity contribution in [3.63, 3.8) is 0 Å². The second kappa shape index (κ2) is 8.15. The minimum Gasteiger partial charge on any atom is -0.314 e. The van der Waals surface area contributed by atoms with Crippen LogP contribution in [0.1, 0.15) is 60.8 Å². The van der Waals surface area contributed by atoms with Crippen LogP contribution in [-0.4, -0.2) is 12.6 Å². The van der Waals surface area contributed by atoms with Crippen molar-refractivity contribution in [1.82, 2.24) is 5.32 Å². The molecule has 0 saturated heterocycles. The third-order valence-corrected chi connectivity index (χ3v) is 3.78. The average Bonchev–Trinajstić information content (AvgIpc) is 2.19. The molecule has 2 atom stereocenters. The Morgan fingerprint density at radius 2 is 1.47 bits per heavy atom. The van der Waals surface area contributed by atoms with Crippen LogP contribution >= 0.6 is 0 Å². The van der Waals surface area contributed by atoms with Gasteiger partial charge in [-0.2, -0.15) is 0 Å². The molecule has 0 amide bonds. The van der Waals surface area contributed by atoms with Crippen molar-refractivity contribution in [3.8, 4) is 0 Å². The number of rotatable bonds is 8. The first-order valence-corrected chi connectivity index (χ1v) is 6.80. The van der Waals surface area contributed by atoms with Crippen molar-refractivity contribution < 1.29 is 0 Å². The van der Waals surface area contributed by atoms with Crippen LogP contribution in [0.4, 0.5) is 0 Å². The summed E-state index contributed by atoms with van der Waals surface area (Å²) in [5.74, 6) is 2.54. The second-order valence-corrected chi connectivity index (χ2v) is 5.17. The Morgan fingerprint density at radius 3 is 1.80 bits per heavy atom. The maximum atomic E-state index is 3.58. The molecule has 1 N–H and O–H groups in total. The zero-order valence-corrected chi connectivity index (χ0v) is 11.6. The molecule has 0 aliphatic heterocycles. The van der Waals surface area contributed by atoms with E-state index in [4.69, 9.17) is 0 Å². The van der Waals surface area contributed by atoms with Crippen LogP contribution in [0.5, 0.6) is 0 Å². The second-order valence-electron chi connectivity index (χ2n) is 5.17. The van der Waals surface area contributed by atoms with Gasteiger partial charge in [0.15, 0.2) is 0 Å². The quantitative estimate of drug-likeness (QED) is 0.640. The van der Waals surface area contributed by atoms with E-state index in [2.05, 4.69) is 46.9 Å². The maximum Gasteiger partial charge on any atom is 0.00694 e. The third-order valence-electron chi connectivity index (χ3n) is 3.78. The van der Waals surface area contributed by atoms with Crippen molar-refractivity contribution >= 4 is 0 Å². The molecule has 0 fully saturated rings. The molecule has 0 bridgehead atoms. The third kappa shape index (κ3) is 5.55. The zero-order chi connectivity index (χ0) is 11.8. The molecule has 2 unspecified atom stereocenters. The lowest BCUT2D eigenvalue weighted by Gasteiger charge is -2.31. The summed E-state index contributed by atoms with van der Waals surface area (Å²) in [5, 5.41) is 3.58. The SMILES string of the molecule is CCNC(C)C(CC(CC)CC)C(C)C. The van der Waals surface area contributed by atoms with Gasteiger partial charge in [0, 0.05) is 6.04 Å². The lowest BCUT2D eigenvalue weighted by molar-refractivity contribution is 0.230. The average molecular weight is 213 g/mol. The molecule has 0 spiro atoms. The molecule has 92 valence electrons. The molecule has 0 aliphatic carbocycles. The van der Waals surface area contributed by atoms with Crippen molar-refractivity contribution in [1.29, 1.82) is 0 Å². The van der Waals surface area contributed by atoms with E-state index in [0.29, 0.717) is 6.04 Å². The topological polar surface area (TPSA) is 12.0 Å². The Bertz CT molecular complexity index is 138. The molecule has 1 nitrogen and oxygen atoms in total. The van der Waals surface area contributed by atoms with Gasteiger partial charge in [0.25, 0.3) is 0 Å². The van der Waals surface area contributed by atoms with Crippen LogP contribution in [0.2, 0.25) is 0 Å². The Hall–Kier alpha value is -0.0400. The summed E-state index contributed by atoms with van der Waals surface area (Å²) >= 11 is 0. The van der Waals surface area contributed by atoms with Crippen molar-refractivity contribution in [2.75, 3.05) is 6.54 Å². The maximum absolute atomic E-state index is 3.58. The Balaban J connectivity index is 4.25. The van der Waals surface area contributed by atoms with Crippen molar-refractivity contribution in [2.24, 2.45) is 17.8 Å². The minimum absolute atomic E-state index is 0.663. The summed E-state index contributed by atoms with van der Waals surface area (Å²) in [6.07, 6.45) is 4.05. The minimum atomic E-state index is 0.663. The normalized spacial score (nSPS) is 16.0. The van der Waals surface area contributed by atoms with Gasteiger partial charge in [0.1, 0.15) is 0 Å². The van der Waals surface area contributed by atoms with Gasteiger partial charge in [0.2, 0.25) is 0 Å². The number of hydrogen-bond acceptors (Lipinski definition) is 1. The molecule has 0 saturated carbocycles. The first kappa shape index (κ1) is 15.0. The molecule has 15 heavy (non-hydrogen) atoms. The van der Waals surface area contributed by atoms with Gasteiger partial charge >= 0.3 is 0 Å². The Kier molecular flexibility index (Phi) is 8.13. The summed E-state index contributed by atoms with van der Waals surface area (Å²) in [5.41, 5.74) is 0. The lowest BCUT2D eigenvalue weighted by Crippen LogP contribution is -2.37. The van der Waals surface area contributed by atoms with Gasteiger partial charge in [0.05, 0.1) is 0 Å². The van der Waals surface area contributed by atoms with E-state index in [1.165, 1.54) is 19.3 Å². The van der Waals surface area contributed by atoms with E-state index >= 15 is 0 Å². The number of hydrogen-bond donors (Lipinski definition) is 1. The molecule has 0 aliphatic rings. The lowest BCUT2D eigenvalue weighted by atomic mass is 9.80. The van der Waals surface area contributed by atoms with Crippen LogP contribution in [0.25, 0.3) is 0 Å². The van der Waals surface area contributed by atoms with Gasteiger partial charge in [-0.05, 0) is 37.6 Å². The van der Waals surface area contributed by atoms with Crippen LogP contribution in [0, 0.1) is 17.8 Å². The van der Waals surface area contributed by atoms with E-state index in [0.717, 1.165) is 24.3 Å². The van der Waals surface area contributed by atoms with Gasteiger partial charge in [-0.25, -0.2) is 0 Å². The van der Waals surface area contributed by atoms with Crippen LogP contribution in [-0.2, 0) is 0 Å². The van der Waals surface area contributed by atoms with Gasteiger partial charge < -0.3 is 5.32 Å². The summed E-state index contributed by atoms with van der Waals surface area (Å²) in [6, 6.07) is 0.663. The summed E-state index contributed by atoms with van der Waals surface area (Å²) in [4.78, 5) is 0. The van der Waals surface area contributed by atoms with Gasteiger partial charge in [-0.15, -0.1) is 0 Å². The molecular weight excluding hydrogens is 182 g/mol. The highest BCUT2D eigenvalue weighted by Crippen LogP contribution is 2.27. The Morgan fingerprint density at radius 1 is 0.933 bits per heavy atom. The predicted molar refractivity (Wildman–Crippen MR) is 70.2 cm³/mol. The largest absolute Gasteiger partial charge is 0.314 e. The highest BCUT2D eigenvalue weighted by molar-refractivity contribution is 4.77. The van der Waals surface area contributed by atoms with E-state index in [9.17, 15) is 0 Å². The fourth-order valence-corrected chi connectivity index (χ4v) is 2.53. The van der Waals surface area contributed by atoms with E-state index in [1.54, 1.807) is 0 Å². The highest BCUT2D eigenvalue weighted by Gasteiger charge is 2.22. The molecule has 0 aromatic rings. The fraction of sp³-hybridized carbons (Fsp3) is 1.00. The smallest absolute Gasteiger partial charge is 0.00694 e. The Labute approximate surface area is 97.0 Å².